The van der Waals surface area contributed by atoms with Gasteiger partial charge in [-0.2, -0.15) is 8.78 Å². The Morgan fingerprint density at radius 3 is 2.42 bits per heavy atom. The highest BCUT2D eigenvalue weighted by atomic mass is 19.3. The zero-order valence-corrected chi connectivity index (χ0v) is 15.3. The van der Waals surface area contributed by atoms with Crippen LogP contribution in [0, 0.1) is 5.92 Å². The molecule has 2 amide bonds. The van der Waals surface area contributed by atoms with Crippen molar-refractivity contribution in [3.8, 4) is 0 Å². The van der Waals surface area contributed by atoms with Gasteiger partial charge in [0, 0.05) is 19.4 Å². The first-order chi connectivity index (χ1) is 12.2. The van der Waals surface area contributed by atoms with Gasteiger partial charge in [-0.1, -0.05) is 32.9 Å². The van der Waals surface area contributed by atoms with E-state index in [2.05, 4.69) is 15.6 Å². The lowest BCUT2D eigenvalue weighted by atomic mass is 10.0. The lowest BCUT2D eigenvalue weighted by Gasteiger charge is -2.22. The summed E-state index contributed by atoms with van der Waals surface area (Å²) in [5.41, 5.74) is 0.841. The largest absolute Gasteiger partial charge is 0.354 e. The number of halogens is 2. The molecule has 2 atom stereocenters. The van der Waals surface area contributed by atoms with E-state index in [4.69, 9.17) is 0 Å². The molecule has 1 aromatic heterocycles. The van der Waals surface area contributed by atoms with E-state index in [-0.39, 0.29) is 30.1 Å². The number of rotatable bonds is 7. The van der Waals surface area contributed by atoms with E-state index in [1.165, 1.54) is 6.92 Å². The van der Waals surface area contributed by atoms with Crippen LogP contribution in [0.15, 0.2) is 24.3 Å². The average Bonchev–Trinajstić information content (AvgIpc) is 2.96. The lowest BCUT2D eigenvalue weighted by Crippen LogP contribution is -2.49. The normalized spacial score (nSPS) is 13.8. The molecule has 0 aliphatic rings. The molecule has 0 unspecified atom stereocenters. The molecular weight excluding hydrogens is 342 g/mol. The average molecular weight is 366 g/mol. The number of hydrogen-bond acceptors (Lipinski definition) is 3. The second kappa shape index (κ2) is 8.25. The third-order valence-electron chi connectivity index (χ3n) is 4.15. The summed E-state index contributed by atoms with van der Waals surface area (Å²) in [6.45, 7) is 4.12. The van der Waals surface area contributed by atoms with Crippen LogP contribution in [0.3, 0.4) is 0 Å². The molecular formula is C18H24F2N4O2. The fourth-order valence-electron chi connectivity index (χ4n) is 2.82. The molecule has 0 aliphatic heterocycles. The lowest BCUT2D eigenvalue weighted by molar-refractivity contribution is -0.129. The Kier molecular flexibility index (Phi) is 6.28. The molecule has 2 aromatic rings. The second-order valence-corrected chi connectivity index (χ2v) is 6.67. The van der Waals surface area contributed by atoms with E-state index in [1.807, 2.05) is 13.8 Å². The number of benzene rings is 1. The maximum atomic E-state index is 13.5. The van der Waals surface area contributed by atoms with Crippen LogP contribution in [0.4, 0.5) is 8.78 Å². The number of alkyl halides is 2. The van der Waals surface area contributed by atoms with Crippen LogP contribution in [-0.4, -0.2) is 34.0 Å². The summed E-state index contributed by atoms with van der Waals surface area (Å²) in [4.78, 5) is 27.9. The first-order valence-corrected chi connectivity index (χ1v) is 8.52. The van der Waals surface area contributed by atoms with Crippen molar-refractivity contribution in [1.29, 1.82) is 0 Å². The second-order valence-electron chi connectivity index (χ2n) is 6.67. The Labute approximate surface area is 151 Å². The van der Waals surface area contributed by atoms with E-state index >= 15 is 0 Å². The number of fused-ring (bicyclic) bond motifs is 1. The predicted molar refractivity (Wildman–Crippen MR) is 94.9 cm³/mol. The first-order valence-electron chi connectivity index (χ1n) is 8.52. The summed E-state index contributed by atoms with van der Waals surface area (Å²) < 4.78 is 27.9. The Morgan fingerprint density at radius 1 is 1.19 bits per heavy atom. The van der Waals surface area contributed by atoms with E-state index in [1.54, 1.807) is 31.2 Å². The number of aromatic nitrogens is 2. The Balaban J connectivity index is 2.16. The maximum Gasteiger partial charge on any atom is 0.320 e. The molecule has 2 rings (SSSR count). The summed E-state index contributed by atoms with van der Waals surface area (Å²) in [5.74, 6) is -0.958. The van der Waals surface area contributed by atoms with Gasteiger partial charge in [-0.25, -0.2) is 4.98 Å². The molecule has 1 heterocycles. The zero-order chi connectivity index (χ0) is 19.4. The molecule has 8 heteroatoms. The van der Waals surface area contributed by atoms with Gasteiger partial charge in [0.2, 0.25) is 11.8 Å². The van der Waals surface area contributed by atoms with Gasteiger partial charge < -0.3 is 10.6 Å². The van der Waals surface area contributed by atoms with E-state index < -0.39 is 18.5 Å². The SMILES string of the molecule is CC(=O)N[C@@H](C(=O)NC[C@H](C)c1nc2ccccc2n1C(F)F)C(C)C. The first kappa shape index (κ1) is 19.8. The summed E-state index contributed by atoms with van der Waals surface area (Å²) >= 11 is 0. The quantitative estimate of drug-likeness (QED) is 0.791. The monoisotopic (exact) mass is 366 g/mol. The summed E-state index contributed by atoms with van der Waals surface area (Å²) in [7, 11) is 0. The molecule has 0 saturated heterocycles. The van der Waals surface area contributed by atoms with Crippen molar-refractivity contribution in [1.82, 2.24) is 20.2 Å². The highest BCUT2D eigenvalue weighted by Crippen LogP contribution is 2.27. The Bertz CT molecular complexity index is 789. The molecule has 1 aromatic carbocycles. The predicted octanol–water partition coefficient (Wildman–Crippen LogP) is 2.81. The third-order valence-corrected chi connectivity index (χ3v) is 4.15. The Hall–Kier alpha value is -2.51. The number of carbonyl (C=O) groups is 2. The maximum absolute atomic E-state index is 13.5. The molecule has 26 heavy (non-hydrogen) atoms. The van der Waals surface area contributed by atoms with Crippen LogP contribution < -0.4 is 10.6 Å². The Morgan fingerprint density at radius 2 is 1.85 bits per heavy atom. The van der Waals surface area contributed by atoms with Crippen molar-refractivity contribution in [3.63, 3.8) is 0 Å². The van der Waals surface area contributed by atoms with Crippen molar-refractivity contribution in [3.05, 3.63) is 30.1 Å². The van der Waals surface area contributed by atoms with Crippen LogP contribution >= 0.6 is 0 Å². The van der Waals surface area contributed by atoms with Gasteiger partial charge >= 0.3 is 6.55 Å². The van der Waals surface area contributed by atoms with Gasteiger partial charge in [0.1, 0.15) is 11.9 Å². The van der Waals surface area contributed by atoms with Gasteiger partial charge in [-0.15, -0.1) is 0 Å². The van der Waals surface area contributed by atoms with Gasteiger partial charge in [0.15, 0.2) is 0 Å². The standard InChI is InChI=1S/C18H24F2N4O2/c1-10(2)15(22-12(4)25)17(26)21-9-11(3)16-23-13-7-5-6-8-14(13)24(16)18(19)20/h5-8,10-11,15,18H,9H2,1-4H3,(H,21,26)(H,22,25)/t11-,15+/m0/s1. The topological polar surface area (TPSA) is 76.0 Å². The molecule has 142 valence electrons. The van der Waals surface area contributed by atoms with Gasteiger partial charge in [0.05, 0.1) is 11.0 Å². The van der Waals surface area contributed by atoms with E-state index in [0.29, 0.717) is 11.0 Å². The zero-order valence-electron chi connectivity index (χ0n) is 15.3. The highest BCUT2D eigenvalue weighted by molar-refractivity contribution is 5.87. The van der Waals surface area contributed by atoms with Crippen molar-refractivity contribution in [2.75, 3.05) is 6.54 Å². The molecule has 0 spiro atoms. The van der Waals surface area contributed by atoms with Crippen molar-refractivity contribution in [2.24, 2.45) is 5.92 Å². The molecule has 0 saturated carbocycles. The van der Waals surface area contributed by atoms with Gasteiger partial charge in [0.25, 0.3) is 0 Å². The van der Waals surface area contributed by atoms with E-state index in [9.17, 15) is 18.4 Å². The van der Waals surface area contributed by atoms with Crippen LogP contribution in [0.5, 0.6) is 0 Å². The number of nitrogens with zero attached hydrogens (tertiary/aromatic N) is 2. The van der Waals surface area contributed by atoms with Crippen LogP contribution in [-0.2, 0) is 9.59 Å². The van der Waals surface area contributed by atoms with Gasteiger partial charge in [-0.05, 0) is 18.1 Å². The van der Waals surface area contributed by atoms with Gasteiger partial charge in [-0.3, -0.25) is 14.2 Å². The minimum atomic E-state index is -2.72. The number of imidazole rings is 1. The number of carbonyl (C=O) groups excluding carboxylic acids is 2. The smallest absolute Gasteiger partial charge is 0.320 e. The third kappa shape index (κ3) is 4.36. The molecule has 0 radical (unpaired) electrons. The van der Waals surface area contributed by atoms with Crippen molar-refractivity contribution >= 4 is 22.8 Å². The van der Waals surface area contributed by atoms with Crippen LogP contribution in [0.25, 0.3) is 11.0 Å². The van der Waals surface area contributed by atoms with Crippen LogP contribution in [0.2, 0.25) is 0 Å². The fourth-order valence-corrected chi connectivity index (χ4v) is 2.82. The van der Waals surface area contributed by atoms with Crippen molar-refractivity contribution in [2.45, 2.75) is 46.2 Å². The van der Waals surface area contributed by atoms with Crippen molar-refractivity contribution < 1.29 is 18.4 Å². The summed E-state index contributed by atoms with van der Waals surface area (Å²) in [6.07, 6.45) is 0. The number of para-hydroxylation sites is 2. The molecule has 0 bridgehead atoms. The molecule has 0 fully saturated rings. The number of hydrogen-bond donors (Lipinski definition) is 2. The molecule has 2 N–H and O–H groups in total. The molecule has 6 nitrogen and oxygen atoms in total. The summed E-state index contributed by atoms with van der Waals surface area (Å²) in [5, 5.41) is 5.33. The number of amides is 2. The van der Waals surface area contributed by atoms with E-state index in [0.717, 1.165) is 4.57 Å². The fraction of sp³-hybridized carbons (Fsp3) is 0.500. The minimum Gasteiger partial charge on any atom is -0.354 e. The highest BCUT2D eigenvalue weighted by Gasteiger charge is 2.25. The number of nitrogens with one attached hydrogen (secondary N) is 2. The molecule has 0 aliphatic carbocycles. The minimum absolute atomic E-state index is 0.0974. The van der Waals surface area contributed by atoms with Crippen LogP contribution in [0.1, 0.15) is 46.0 Å². The summed E-state index contributed by atoms with van der Waals surface area (Å²) in [6, 6.07) is 6.01.